The van der Waals surface area contributed by atoms with Crippen molar-refractivity contribution in [2.45, 2.75) is 19.9 Å². The highest BCUT2D eigenvalue weighted by Crippen LogP contribution is 2.26. The Morgan fingerprint density at radius 3 is 2.65 bits per heavy atom. The lowest BCUT2D eigenvalue weighted by atomic mass is 10.1. The number of aryl methyl sites for hydroxylation is 1. The maximum atomic E-state index is 13.8. The molecule has 0 radical (unpaired) electrons. The van der Waals surface area contributed by atoms with Gasteiger partial charge in [0, 0.05) is 5.69 Å². The minimum absolute atomic E-state index is 0.0158. The van der Waals surface area contributed by atoms with Gasteiger partial charge >= 0.3 is 0 Å². The van der Waals surface area contributed by atoms with Crippen molar-refractivity contribution in [2.75, 3.05) is 11.1 Å². The molecule has 1 atom stereocenters. The zero-order valence-corrected chi connectivity index (χ0v) is 11.2. The van der Waals surface area contributed by atoms with Crippen LogP contribution < -0.4 is 16.8 Å². The number of furan rings is 1. The van der Waals surface area contributed by atoms with Gasteiger partial charge in [0.2, 0.25) is 0 Å². The van der Waals surface area contributed by atoms with Crippen LogP contribution in [0.3, 0.4) is 0 Å². The molecule has 20 heavy (non-hydrogen) atoms. The van der Waals surface area contributed by atoms with Crippen molar-refractivity contribution in [1.29, 1.82) is 0 Å². The highest BCUT2D eigenvalue weighted by molar-refractivity contribution is 5.99. The Hall–Kier alpha value is -2.50. The molecule has 1 unspecified atom stereocenters. The van der Waals surface area contributed by atoms with Crippen LogP contribution in [0.4, 0.5) is 15.8 Å². The van der Waals surface area contributed by atoms with Crippen LogP contribution in [-0.4, -0.2) is 5.91 Å². The summed E-state index contributed by atoms with van der Waals surface area (Å²) in [6, 6.07) is 5.74. The van der Waals surface area contributed by atoms with E-state index in [0.717, 1.165) is 11.8 Å². The topological polar surface area (TPSA) is 94.3 Å². The summed E-state index contributed by atoms with van der Waals surface area (Å²) in [5.41, 5.74) is 11.0. The van der Waals surface area contributed by atoms with Crippen molar-refractivity contribution in [3.8, 4) is 0 Å². The largest absolute Gasteiger partial charge is 0.464 e. The normalized spacial score (nSPS) is 12.2. The molecule has 1 heterocycles. The van der Waals surface area contributed by atoms with Crippen LogP contribution >= 0.6 is 0 Å². The molecular weight excluding hydrogens is 261 g/mol. The van der Waals surface area contributed by atoms with Gasteiger partial charge in [0.15, 0.2) is 0 Å². The molecule has 2 rings (SSSR count). The van der Waals surface area contributed by atoms with Gasteiger partial charge in [0.1, 0.15) is 17.3 Å². The summed E-state index contributed by atoms with van der Waals surface area (Å²) in [7, 11) is 0. The monoisotopic (exact) mass is 277 g/mol. The van der Waals surface area contributed by atoms with Crippen LogP contribution in [0.5, 0.6) is 0 Å². The number of primary amides is 1. The average Bonchev–Trinajstić information content (AvgIpc) is 2.79. The van der Waals surface area contributed by atoms with E-state index in [0.29, 0.717) is 5.76 Å². The highest BCUT2D eigenvalue weighted by Gasteiger charge is 2.15. The maximum absolute atomic E-state index is 13.8. The van der Waals surface area contributed by atoms with Crippen LogP contribution in [0.15, 0.2) is 28.7 Å². The molecule has 0 spiro atoms. The lowest BCUT2D eigenvalue weighted by molar-refractivity contribution is 0.100. The van der Waals surface area contributed by atoms with Gasteiger partial charge < -0.3 is 21.2 Å². The van der Waals surface area contributed by atoms with Crippen LogP contribution in [0.1, 0.15) is 34.8 Å². The number of carbonyl (C=O) groups is 1. The second-order valence-electron chi connectivity index (χ2n) is 4.60. The van der Waals surface area contributed by atoms with Gasteiger partial charge in [-0.3, -0.25) is 4.79 Å². The maximum Gasteiger partial charge on any atom is 0.250 e. The minimum atomic E-state index is -0.702. The number of hydrogen-bond acceptors (Lipinski definition) is 4. The molecule has 0 bridgehead atoms. The number of hydrogen-bond donors (Lipinski definition) is 3. The molecule has 5 nitrogen and oxygen atoms in total. The number of rotatable bonds is 4. The average molecular weight is 277 g/mol. The fourth-order valence-electron chi connectivity index (χ4n) is 1.90. The second kappa shape index (κ2) is 5.24. The molecule has 1 amide bonds. The van der Waals surface area contributed by atoms with Crippen molar-refractivity contribution >= 4 is 17.3 Å². The molecule has 0 saturated heterocycles. The third kappa shape index (κ3) is 2.74. The fraction of sp³-hybridized carbons (Fsp3) is 0.214. The Morgan fingerprint density at radius 1 is 1.40 bits per heavy atom. The minimum Gasteiger partial charge on any atom is -0.464 e. The van der Waals surface area contributed by atoms with E-state index in [1.807, 2.05) is 19.9 Å². The molecule has 1 aromatic carbocycles. The number of nitrogens with one attached hydrogen (secondary N) is 1. The van der Waals surface area contributed by atoms with Gasteiger partial charge in [-0.15, -0.1) is 0 Å². The Bertz CT molecular complexity index is 652. The van der Waals surface area contributed by atoms with Crippen molar-refractivity contribution in [2.24, 2.45) is 5.73 Å². The van der Waals surface area contributed by atoms with Crippen LogP contribution in [0, 0.1) is 12.7 Å². The van der Waals surface area contributed by atoms with E-state index in [2.05, 4.69) is 5.32 Å². The van der Waals surface area contributed by atoms with Gasteiger partial charge in [0.05, 0.1) is 17.3 Å². The molecule has 5 N–H and O–H groups in total. The lowest BCUT2D eigenvalue weighted by Crippen LogP contribution is -2.15. The van der Waals surface area contributed by atoms with Crippen molar-refractivity contribution in [3.05, 3.63) is 47.2 Å². The Labute approximate surface area is 115 Å². The smallest absolute Gasteiger partial charge is 0.250 e. The third-order valence-electron chi connectivity index (χ3n) is 2.96. The number of carbonyl (C=O) groups excluding carboxylic acids is 1. The number of anilines is 2. The molecule has 0 aliphatic rings. The number of amides is 1. The zero-order valence-electron chi connectivity index (χ0n) is 11.2. The van der Waals surface area contributed by atoms with Crippen molar-refractivity contribution in [3.63, 3.8) is 0 Å². The first-order valence-corrected chi connectivity index (χ1v) is 6.10. The predicted molar refractivity (Wildman–Crippen MR) is 74.8 cm³/mol. The first-order chi connectivity index (χ1) is 9.38. The number of nitrogens with two attached hydrogens (primary N) is 2. The predicted octanol–water partition coefficient (Wildman–Crippen LogP) is 2.58. The van der Waals surface area contributed by atoms with E-state index in [-0.39, 0.29) is 23.0 Å². The van der Waals surface area contributed by atoms with Crippen molar-refractivity contribution < 1.29 is 13.6 Å². The number of halogens is 1. The molecule has 0 aliphatic carbocycles. The van der Waals surface area contributed by atoms with Gasteiger partial charge in [0.25, 0.3) is 5.91 Å². The zero-order chi connectivity index (χ0) is 14.9. The lowest BCUT2D eigenvalue weighted by Gasteiger charge is -2.15. The fourth-order valence-corrected chi connectivity index (χ4v) is 1.90. The molecule has 6 heteroatoms. The highest BCUT2D eigenvalue weighted by atomic mass is 19.1. The summed E-state index contributed by atoms with van der Waals surface area (Å²) in [5.74, 6) is 0.179. The Kier molecular flexibility index (Phi) is 3.65. The summed E-state index contributed by atoms with van der Waals surface area (Å²) >= 11 is 0. The molecule has 2 aromatic rings. The first-order valence-electron chi connectivity index (χ1n) is 6.10. The van der Waals surface area contributed by atoms with E-state index < -0.39 is 11.7 Å². The summed E-state index contributed by atoms with van der Waals surface area (Å²) < 4.78 is 19.3. The van der Waals surface area contributed by atoms with Gasteiger partial charge in [-0.25, -0.2) is 4.39 Å². The number of benzene rings is 1. The van der Waals surface area contributed by atoms with Gasteiger partial charge in [-0.1, -0.05) is 0 Å². The van der Waals surface area contributed by atoms with Crippen LogP contribution in [0.25, 0.3) is 0 Å². The summed E-state index contributed by atoms with van der Waals surface area (Å²) in [5, 5.41) is 2.93. The van der Waals surface area contributed by atoms with E-state index in [1.54, 1.807) is 6.07 Å². The molecule has 106 valence electrons. The summed E-state index contributed by atoms with van der Waals surface area (Å²) in [6.07, 6.45) is 0. The summed E-state index contributed by atoms with van der Waals surface area (Å²) in [4.78, 5) is 11.2. The quantitative estimate of drug-likeness (QED) is 0.748. The summed E-state index contributed by atoms with van der Waals surface area (Å²) in [6.45, 7) is 3.64. The first kappa shape index (κ1) is 13.9. The third-order valence-corrected chi connectivity index (χ3v) is 2.96. The molecule has 1 aromatic heterocycles. The molecule has 0 saturated carbocycles. The van der Waals surface area contributed by atoms with E-state index >= 15 is 0 Å². The van der Waals surface area contributed by atoms with E-state index in [4.69, 9.17) is 15.9 Å². The van der Waals surface area contributed by atoms with Gasteiger partial charge in [-0.05, 0) is 38.1 Å². The second-order valence-corrected chi connectivity index (χ2v) is 4.60. The molecule has 0 fully saturated rings. The van der Waals surface area contributed by atoms with Crippen LogP contribution in [-0.2, 0) is 0 Å². The standard InChI is InChI=1S/C14H16FN3O2/c1-7-3-4-13(20-7)8(2)18-12-5-9(14(17)19)11(16)6-10(12)15/h3-6,8,18H,16H2,1-2H3,(H2,17,19). The number of nitrogen functional groups attached to an aromatic ring is 1. The Morgan fingerprint density at radius 2 is 2.10 bits per heavy atom. The SMILES string of the molecule is Cc1ccc(C(C)Nc2cc(C(N)=O)c(N)cc2F)o1. The molecular formula is C14H16FN3O2. The Balaban J connectivity index is 2.29. The van der Waals surface area contributed by atoms with E-state index in [9.17, 15) is 9.18 Å². The van der Waals surface area contributed by atoms with Crippen molar-refractivity contribution in [1.82, 2.24) is 0 Å². The van der Waals surface area contributed by atoms with E-state index in [1.165, 1.54) is 6.07 Å². The van der Waals surface area contributed by atoms with Gasteiger partial charge in [-0.2, -0.15) is 0 Å². The molecule has 0 aliphatic heterocycles. The van der Waals surface area contributed by atoms with Crippen LogP contribution in [0.2, 0.25) is 0 Å².